The SMILES string of the molecule is Cc1ccc2c(c1)[C@@H]1C[NH+](C)CC[C@H]1N2C(=O)Cn1nnc(-c2ccccc2F)n1. The van der Waals surface area contributed by atoms with Crippen LogP contribution in [0, 0.1) is 12.7 Å². The zero-order chi connectivity index (χ0) is 20.8. The Morgan fingerprint density at radius 2 is 2.10 bits per heavy atom. The molecule has 3 heterocycles. The number of likely N-dealkylation sites (N-methyl/N-ethyl adjacent to an activating group) is 1. The fourth-order valence-electron chi connectivity index (χ4n) is 4.78. The zero-order valence-corrected chi connectivity index (χ0v) is 17.0. The number of aromatic nitrogens is 4. The van der Waals surface area contributed by atoms with Crippen LogP contribution in [-0.2, 0) is 11.3 Å². The van der Waals surface area contributed by atoms with Gasteiger partial charge in [0.05, 0.1) is 37.7 Å². The number of rotatable bonds is 3. The van der Waals surface area contributed by atoms with Gasteiger partial charge in [0, 0.05) is 12.1 Å². The Morgan fingerprint density at radius 1 is 1.27 bits per heavy atom. The topological polar surface area (TPSA) is 68.3 Å². The summed E-state index contributed by atoms with van der Waals surface area (Å²) in [7, 11) is 2.21. The molecule has 1 N–H and O–H groups in total. The van der Waals surface area contributed by atoms with Gasteiger partial charge in [-0.05, 0) is 35.9 Å². The van der Waals surface area contributed by atoms with E-state index < -0.39 is 5.82 Å². The van der Waals surface area contributed by atoms with Crippen LogP contribution in [0.15, 0.2) is 42.5 Å². The zero-order valence-electron chi connectivity index (χ0n) is 17.0. The second kappa shape index (κ2) is 7.28. The second-order valence-electron chi connectivity index (χ2n) is 8.32. The molecule has 8 heteroatoms. The van der Waals surface area contributed by atoms with Crippen LogP contribution in [-0.4, -0.2) is 52.3 Å². The highest BCUT2D eigenvalue weighted by Gasteiger charge is 2.45. The summed E-state index contributed by atoms with van der Waals surface area (Å²) in [5.41, 5.74) is 3.73. The summed E-state index contributed by atoms with van der Waals surface area (Å²) < 4.78 is 14.0. The number of likely N-dealkylation sites (tertiary alicyclic amines) is 1. The molecular formula is C22H24FN6O+. The third-order valence-electron chi connectivity index (χ3n) is 6.19. The molecule has 2 aliphatic heterocycles. The van der Waals surface area contributed by atoms with Crippen LogP contribution in [0.3, 0.4) is 0 Å². The van der Waals surface area contributed by atoms with Gasteiger partial charge < -0.3 is 9.80 Å². The van der Waals surface area contributed by atoms with Crippen LogP contribution < -0.4 is 9.80 Å². The lowest BCUT2D eigenvalue weighted by molar-refractivity contribution is -0.886. The molecule has 0 bridgehead atoms. The minimum absolute atomic E-state index is 0.0271. The van der Waals surface area contributed by atoms with E-state index in [0.29, 0.717) is 5.92 Å². The van der Waals surface area contributed by atoms with Crippen molar-refractivity contribution in [2.45, 2.75) is 31.8 Å². The number of quaternary nitrogens is 1. The molecule has 0 saturated carbocycles. The van der Waals surface area contributed by atoms with Crippen molar-refractivity contribution in [3.8, 4) is 11.4 Å². The number of aryl methyl sites for hydroxylation is 1. The van der Waals surface area contributed by atoms with E-state index in [1.807, 2.05) is 4.90 Å². The quantitative estimate of drug-likeness (QED) is 0.709. The summed E-state index contributed by atoms with van der Waals surface area (Å²) in [5, 5.41) is 12.2. The van der Waals surface area contributed by atoms with Crippen molar-refractivity contribution in [2.75, 3.05) is 25.0 Å². The fourth-order valence-corrected chi connectivity index (χ4v) is 4.78. The molecule has 0 aliphatic carbocycles. The number of anilines is 1. The van der Waals surface area contributed by atoms with Crippen LogP contribution in [0.25, 0.3) is 11.4 Å². The summed E-state index contributed by atoms with van der Waals surface area (Å²) >= 11 is 0. The number of hydrogen-bond acceptors (Lipinski definition) is 4. The third-order valence-corrected chi connectivity index (χ3v) is 6.19. The van der Waals surface area contributed by atoms with Gasteiger partial charge in [0.1, 0.15) is 12.4 Å². The predicted molar refractivity (Wildman–Crippen MR) is 110 cm³/mol. The highest BCUT2D eigenvalue weighted by Crippen LogP contribution is 2.43. The number of amides is 1. The Morgan fingerprint density at radius 3 is 2.93 bits per heavy atom. The van der Waals surface area contributed by atoms with Crippen LogP contribution in [0.4, 0.5) is 10.1 Å². The van der Waals surface area contributed by atoms with Crippen LogP contribution in [0.1, 0.15) is 23.5 Å². The first-order chi connectivity index (χ1) is 14.5. The second-order valence-corrected chi connectivity index (χ2v) is 8.32. The van der Waals surface area contributed by atoms with E-state index in [2.05, 4.69) is 47.6 Å². The molecule has 1 fully saturated rings. The number of hydrogen-bond donors (Lipinski definition) is 1. The molecule has 154 valence electrons. The molecule has 5 rings (SSSR count). The molecule has 1 saturated heterocycles. The van der Waals surface area contributed by atoms with Gasteiger partial charge in [-0.25, -0.2) is 4.39 Å². The number of benzene rings is 2. The van der Waals surface area contributed by atoms with E-state index >= 15 is 0 Å². The molecule has 2 aliphatic rings. The van der Waals surface area contributed by atoms with Crippen molar-refractivity contribution >= 4 is 11.6 Å². The van der Waals surface area contributed by atoms with Gasteiger partial charge in [0.15, 0.2) is 0 Å². The Balaban J connectivity index is 1.42. The van der Waals surface area contributed by atoms with Crippen molar-refractivity contribution in [3.63, 3.8) is 0 Å². The van der Waals surface area contributed by atoms with E-state index in [-0.39, 0.29) is 29.9 Å². The molecule has 7 nitrogen and oxygen atoms in total. The highest BCUT2D eigenvalue weighted by molar-refractivity contribution is 5.96. The minimum Gasteiger partial charge on any atom is -0.337 e. The monoisotopic (exact) mass is 407 g/mol. The normalized spacial score (nSPS) is 22.6. The maximum absolute atomic E-state index is 14.0. The lowest BCUT2D eigenvalue weighted by atomic mass is 9.89. The van der Waals surface area contributed by atoms with Gasteiger partial charge in [-0.15, -0.1) is 10.2 Å². The van der Waals surface area contributed by atoms with E-state index in [4.69, 9.17) is 0 Å². The fraction of sp³-hybridized carbons (Fsp3) is 0.364. The van der Waals surface area contributed by atoms with Crippen molar-refractivity contribution < 1.29 is 14.1 Å². The Hall–Kier alpha value is -3.13. The summed E-state index contributed by atoms with van der Waals surface area (Å²) in [5.74, 6) is 0.0444. The van der Waals surface area contributed by atoms with E-state index in [1.54, 1.807) is 18.2 Å². The van der Waals surface area contributed by atoms with Gasteiger partial charge >= 0.3 is 0 Å². The van der Waals surface area contributed by atoms with Gasteiger partial charge in [-0.2, -0.15) is 4.80 Å². The van der Waals surface area contributed by atoms with E-state index in [0.717, 1.165) is 25.2 Å². The Labute approximate surface area is 174 Å². The Kier molecular flexibility index (Phi) is 4.58. The number of tetrazole rings is 1. The van der Waals surface area contributed by atoms with Crippen molar-refractivity contribution in [1.29, 1.82) is 0 Å². The average Bonchev–Trinajstić information content (AvgIpc) is 3.30. The molecule has 30 heavy (non-hydrogen) atoms. The molecular weight excluding hydrogens is 383 g/mol. The summed E-state index contributed by atoms with van der Waals surface area (Å²) in [6.45, 7) is 4.12. The first-order valence-electron chi connectivity index (χ1n) is 10.3. The maximum Gasteiger partial charge on any atom is 0.250 e. The van der Waals surface area contributed by atoms with Gasteiger partial charge in [0.25, 0.3) is 5.91 Å². The van der Waals surface area contributed by atoms with Crippen molar-refractivity contribution in [2.24, 2.45) is 0 Å². The first-order valence-corrected chi connectivity index (χ1v) is 10.3. The standard InChI is InChI=1S/C22H23FN6O/c1-14-7-8-19-16(11-14)17-12-27(2)10-9-20(17)29(19)21(30)13-28-25-22(24-26-28)15-5-3-4-6-18(15)23/h3-8,11,17,20H,9-10,12-13H2,1-2H3/p+1/t17-,20+/m0/s1. The van der Waals surface area contributed by atoms with Crippen LogP contribution in [0.5, 0.6) is 0 Å². The average molecular weight is 407 g/mol. The molecule has 1 aromatic heterocycles. The summed E-state index contributed by atoms with van der Waals surface area (Å²) in [4.78, 5) is 18.0. The molecule has 1 unspecified atom stereocenters. The number of nitrogens with zero attached hydrogens (tertiary/aromatic N) is 5. The molecule has 0 spiro atoms. The number of carbonyl (C=O) groups is 1. The smallest absolute Gasteiger partial charge is 0.250 e. The molecule has 3 aromatic rings. The van der Waals surface area contributed by atoms with Gasteiger partial charge in [-0.3, -0.25) is 4.79 Å². The summed E-state index contributed by atoms with van der Waals surface area (Å²) in [6, 6.07) is 12.8. The number of nitrogens with one attached hydrogen (secondary N) is 1. The van der Waals surface area contributed by atoms with Gasteiger partial charge in [0.2, 0.25) is 5.82 Å². The van der Waals surface area contributed by atoms with Crippen molar-refractivity contribution in [1.82, 2.24) is 20.2 Å². The van der Waals surface area contributed by atoms with Crippen molar-refractivity contribution in [3.05, 3.63) is 59.4 Å². The minimum atomic E-state index is -0.413. The maximum atomic E-state index is 14.0. The first kappa shape index (κ1) is 18.9. The van der Waals surface area contributed by atoms with Crippen LogP contribution >= 0.6 is 0 Å². The predicted octanol–water partition coefficient (Wildman–Crippen LogP) is 1.21. The number of halogens is 1. The number of fused-ring (bicyclic) bond motifs is 3. The summed E-state index contributed by atoms with van der Waals surface area (Å²) in [6.07, 6.45) is 0.960. The highest BCUT2D eigenvalue weighted by atomic mass is 19.1. The molecule has 1 amide bonds. The lowest BCUT2D eigenvalue weighted by Gasteiger charge is -2.34. The number of piperidine rings is 1. The van der Waals surface area contributed by atoms with Gasteiger partial charge in [-0.1, -0.05) is 29.8 Å². The van der Waals surface area contributed by atoms with E-state index in [9.17, 15) is 9.18 Å². The molecule has 0 radical (unpaired) electrons. The van der Waals surface area contributed by atoms with E-state index in [1.165, 1.54) is 26.9 Å². The third kappa shape index (κ3) is 3.17. The van der Waals surface area contributed by atoms with Crippen LogP contribution in [0.2, 0.25) is 0 Å². The number of carbonyl (C=O) groups excluding carboxylic acids is 1. The Bertz CT molecular complexity index is 1110. The lowest BCUT2D eigenvalue weighted by Crippen LogP contribution is -3.11. The molecule has 2 aromatic carbocycles. The largest absolute Gasteiger partial charge is 0.337 e. The molecule has 3 atom stereocenters.